The lowest BCUT2D eigenvalue weighted by molar-refractivity contribution is 0.491. The van der Waals surface area contributed by atoms with Gasteiger partial charge < -0.3 is 9.73 Å². The van der Waals surface area contributed by atoms with Crippen molar-refractivity contribution in [1.29, 1.82) is 0 Å². The predicted molar refractivity (Wildman–Crippen MR) is 71.2 cm³/mol. The molecule has 0 aliphatic rings. The number of H-pyrrole nitrogens is 1. The van der Waals surface area contributed by atoms with Crippen LogP contribution in [0.25, 0.3) is 0 Å². The van der Waals surface area contributed by atoms with Crippen molar-refractivity contribution >= 4 is 0 Å². The molecule has 0 aliphatic heterocycles. The zero-order valence-corrected chi connectivity index (χ0v) is 10.9. The van der Waals surface area contributed by atoms with Crippen molar-refractivity contribution in [2.45, 2.75) is 32.9 Å². The molecule has 1 unspecified atom stereocenters. The summed E-state index contributed by atoms with van der Waals surface area (Å²) in [6, 6.07) is 2.30. The molecule has 0 aromatic carbocycles. The van der Waals surface area contributed by atoms with Crippen molar-refractivity contribution in [3.8, 4) is 0 Å². The Kier molecular flexibility index (Phi) is 3.99. The fraction of sp³-hybridized carbons (Fsp3) is 0.357. The largest absolute Gasteiger partial charge is 0.466 e. The van der Waals surface area contributed by atoms with Crippen LogP contribution in [0.1, 0.15) is 35.1 Å². The Morgan fingerprint density at radius 3 is 2.94 bits per heavy atom. The number of aryl methyl sites for hydroxylation is 2. The van der Waals surface area contributed by atoms with E-state index in [2.05, 4.69) is 28.2 Å². The van der Waals surface area contributed by atoms with Gasteiger partial charge in [0, 0.05) is 29.9 Å². The standard InChI is InChI=1S/C14H19N3O/c1-4-5-14(13-8-16-17-9-13)15-7-12-6-10(2)18-11(12)3/h4,6,8-9,14-15H,1,5,7H2,2-3H3,(H,16,17). The zero-order chi connectivity index (χ0) is 13.0. The molecular weight excluding hydrogens is 226 g/mol. The molecule has 2 rings (SSSR count). The number of nitrogens with zero attached hydrogens (tertiary/aromatic N) is 1. The first-order chi connectivity index (χ1) is 8.70. The lowest BCUT2D eigenvalue weighted by Crippen LogP contribution is -2.20. The maximum absolute atomic E-state index is 5.52. The van der Waals surface area contributed by atoms with E-state index in [4.69, 9.17) is 4.42 Å². The van der Waals surface area contributed by atoms with Gasteiger partial charge in [0.2, 0.25) is 0 Å². The first-order valence-corrected chi connectivity index (χ1v) is 6.09. The van der Waals surface area contributed by atoms with Gasteiger partial charge >= 0.3 is 0 Å². The Hall–Kier alpha value is -1.81. The molecule has 1 atom stereocenters. The van der Waals surface area contributed by atoms with Crippen molar-refractivity contribution in [3.63, 3.8) is 0 Å². The summed E-state index contributed by atoms with van der Waals surface area (Å²) in [6.45, 7) is 8.54. The number of rotatable bonds is 6. The fourth-order valence-electron chi connectivity index (χ4n) is 2.05. The second kappa shape index (κ2) is 5.69. The van der Waals surface area contributed by atoms with E-state index in [9.17, 15) is 0 Å². The third-order valence-corrected chi connectivity index (χ3v) is 3.01. The Morgan fingerprint density at radius 1 is 1.56 bits per heavy atom. The van der Waals surface area contributed by atoms with Crippen LogP contribution in [0.3, 0.4) is 0 Å². The predicted octanol–water partition coefficient (Wildman–Crippen LogP) is 3.03. The topological polar surface area (TPSA) is 53.9 Å². The van der Waals surface area contributed by atoms with Gasteiger partial charge in [-0.2, -0.15) is 5.10 Å². The Bertz CT molecular complexity index is 499. The second-order valence-corrected chi connectivity index (χ2v) is 4.43. The minimum absolute atomic E-state index is 0.232. The van der Waals surface area contributed by atoms with Crippen LogP contribution in [0.4, 0.5) is 0 Å². The molecule has 4 heteroatoms. The smallest absolute Gasteiger partial charge is 0.105 e. The molecule has 0 bridgehead atoms. The fourth-order valence-corrected chi connectivity index (χ4v) is 2.05. The average molecular weight is 245 g/mol. The minimum Gasteiger partial charge on any atom is -0.466 e. The molecule has 0 saturated carbocycles. The summed E-state index contributed by atoms with van der Waals surface area (Å²) in [4.78, 5) is 0. The summed E-state index contributed by atoms with van der Waals surface area (Å²) in [6.07, 6.45) is 6.54. The van der Waals surface area contributed by atoms with E-state index in [0.29, 0.717) is 0 Å². The van der Waals surface area contributed by atoms with Crippen molar-refractivity contribution < 1.29 is 4.42 Å². The van der Waals surface area contributed by atoms with Crippen molar-refractivity contribution in [2.24, 2.45) is 0 Å². The van der Waals surface area contributed by atoms with Gasteiger partial charge in [0.15, 0.2) is 0 Å². The molecule has 18 heavy (non-hydrogen) atoms. The molecule has 0 saturated heterocycles. The number of aromatic amines is 1. The third kappa shape index (κ3) is 2.90. The van der Waals surface area contributed by atoms with Gasteiger partial charge in [0.1, 0.15) is 11.5 Å². The van der Waals surface area contributed by atoms with E-state index in [-0.39, 0.29) is 6.04 Å². The number of hydrogen-bond acceptors (Lipinski definition) is 3. The Balaban J connectivity index is 2.02. The van der Waals surface area contributed by atoms with Crippen molar-refractivity contribution in [1.82, 2.24) is 15.5 Å². The van der Waals surface area contributed by atoms with Gasteiger partial charge in [-0.15, -0.1) is 6.58 Å². The van der Waals surface area contributed by atoms with E-state index < -0.39 is 0 Å². The number of nitrogens with one attached hydrogen (secondary N) is 2. The van der Waals surface area contributed by atoms with Crippen LogP contribution in [0, 0.1) is 13.8 Å². The van der Waals surface area contributed by atoms with Gasteiger partial charge in [-0.1, -0.05) is 6.08 Å². The van der Waals surface area contributed by atoms with Crippen LogP contribution < -0.4 is 5.32 Å². The summed E-state index contributed by atoms with van der Waals surface area (Å²) >= 11 is 0. The molecule has 0 radical (unpaired) electrons. The van der Waals surface area contributed by atoms with E-state index in [1.165, 1.54) is 5.56 Å². The maximum atomic E-state index is 5.52. The summed E-state index contributed by atoms with van der Waals surface area (Å²) in [5, 5.41) is 10.3. The summed E-state index contributed by atoms with van der Waals surface area (Å²) in [7, 11) is 0. The van der Waals surface area contributed by atoms with Crippen LogP contribution in [-0.2, 0) is 6.54 Å². The monoisotopic (exact) mass is 245 g/mol. The Labute approximate surface area is 107 Å². The second-order valence-electron chi connectivity index (χ2n) is 4.43. The summed E-state index contributed by atoms with van der Waals surface area (Å²) < 4.78 is 5.52. The molecule has 2 aromatic rings. The van der Waals surface area contributed by atoms with Gasteiger partial charge in [0.25, 0.3) is 0 Å². The molecular formula is C14H19N3O. The van der Waals surface area contributed by atoms with Gasteiger partial charge in [0.05, 0.1) is 6.20 Å². The average Bonchev–Trinajstić information content (AvgIpc) is 2.95. The molecule has 2 N–H and O–H groups in total. The van der Waals surface area contributed by atoms with Crippen molar-refractivity contribution in [2.75, 3.05) is 0 Å². The highest BCUT2D eigenvalue weighted by Crippen LogP contribution is 2.18. The highest BCUT2D eigenvalue weighted by atomic mass is 16.3. The SMILES string of the molecule is C=CCC(NCc1cc(C)oc1C)c1cn[nH]c1. The normalized spacial score (nSPS) is 12.6. The van der Waals surface area contributed by atoms with E-state index in [1.54, 1.807) is 0 Å². The van der Waals surface area contributed by atoms with E-state index in [1.807, 2.05) is 32.3 Å². The van der Waals surface area contributed by atoms with Gasteiger partial charge in [-0.05, 0) is 26.3 Å². The van der Waals surface area contributed by atoms with Crippen LogP contribution in [0.15, 0.2) is 35.5 Å². The van der Waals surface area contributed by atoms with Crippen LogP contribution in [0.2, 0.25) is 0 Å². The van der Waals surface area contributed by atoms with Crippen molar-refractivity contribution in [3.05, 3.63) is 53.8 Å². The molecule has 2 aromatic heterocycles. The molecule has 0 amide bonds. The highest BCUT2D eigenvalue weighted by molar-refractivity contribution is 5.20. The molecule has 96 valence electrons. The van der Waals surface area contributed by atoms with Gasteiger partial charge in [-0.3, -0.25) is 5.10 Å². The number of aromatic nitrogens is 2. The van der Waals surface area contributed by atoms with Crippen LogP contribution >= 0.6 is 0 Å². The minimum atomic E-state index is 0.232. The molecule has 0 fully saturated rings. The molecule has 0 aliphatic carbocycles. The summed E-state index contributed by atoms with van der Waals surface area (Å²) in [5.41, 5.74) is 2.35. The van der Waals surface area contributed by atoms with E-state index in [0.717, 1.165) is 30.0 Å². The lowest BCUT2D eigenvalue weighted by atomic mass is 10.1. The zero-order valence-electron chi connectivity index (χ0n) is 10.9. The van der Waals surface area contributed by atoms with Crippen LogP contribution in [-0.4, -0.2) is 10.2 Å². The molecule has 0 spiro atoms. The van der Waals surface area contributed by atoms with E-state index >= 15 is 0 Å². The summed E-state index contributed by atoms with van der Waals surface area (Å²) in [5.74, 6) is 1.93. The maximum Gasteiger partial charge on any atom is 0.105 e. The quantitative estimate of drug-likeness (QED) is 0.769. The highest BCUT2D eigenvalue weighted by Gasteiger charge is 2.12. The first kappa shape index (κ1) is 12.6. The number of hydrogen-bond donors (Lipinski definition) is 2. The first-order valence-electron chi connectivity index (χ1n) is 6.09. The third-order valence-electron chi connectivity index (χ3n) is 3.01. The molecule has 2 heterocycles. The molecule has 4 nitrogen and oxygen atoms in total. The Morgan fingerprint density at radius 2 is 2.39 bits per heavy atom. The van der Waals surface area contributed by atoms with Crippen LogP contribution in [0.5, 0.6) is 0 Å². The van der Waals surface area contributed by atoms with Gasteiger partial charge in [-0.25, -0.2) is 0 Å². The number of furan rings is 1. The lowest BCUT2D eigenvalue weighted by Gasteiger charge is -2.15.